The first-order chi connectivity index (χ1) is 55.6. The Morgan fingerprint density at radius 1 is 0.383 bits per heavy atom. The third-order valence-electron chi connectivity index (χ3n) is 21.1. The summed E-state index contributed by atoms with van der Waals surface area (Å²) < 4.78 is 5.21. The van der Waals surface area contributed by atoms with E-state index in [4.69, 9.17) is 61.7 Å². The number of nitrogens with zero attached hydrogens (tertiary/aromatic N) is 19. The maximum absolute atomic E-state index is 9.66. The third-order valence-corrected chi connectivity index (χ3v) is 21.6. The number of ether oxygens (including phenoxy) is 1. The van der Waals surface area contributed by atoms with Gasteiger partial charge in [-0.1, -0.05) is 110 Å². The predicted molar refractivity (Wildman–Crippen MR) is 463 cm³/mol. The lowest BCUT2D eigenvalue weighted by molar-refractivity contribution is 0.145. The first-order valence-electron chi connectivity index (χ1n) is 39.4. The number of hydrogen-bond acceptors (Lipinski definition) is 28. The van der Waals surface area contributed by atoms with Crippen molar-refractivity contribution in [3.8, 4) is 11.5 Å². The van der Waals surface area contributed by atoms with Crippen LogP contribution in [0.2, 0.25) is 10.0 Å². The van der Waals surface area contributed by atoms with Gasteiger partial charge in [-0.15, -0.1) is 0 Å². The molecule has 5 fully saturated rings. The van der Waals surface area contributed by atoms with Gasteiger partial charge in [0, 0.05) is 225 Å². The van der Waals surface area contributed by atoms with Crippen LogP contribution in [-0.4, -0.2) is 250 Å². The second-order valence-corrected chi connectivity index (χ2v) is 30.9. The Balaban J connectivity index is 0.000000142. The molecule has 13 N–H and O–H groups in total. The van der Waals surface area contributed by atoms with Gasteiger partial charge in [0.05, 0.1) is 19.8 Å². The molecular weight excluding hydrogens is 1490 g/mol. The number of aliphatic hydroxyl groups excluding tert-OH is 2. The Labute approximate surface area is 686 Å². The van der Waals surface area contributed by atoms with Crippen LogP contribution in [0.1, 0.15) is 93.8 Å². The summed E-state index contributed by atoms with van der Waals surface area (Å²) >= 11 is 11.9. The van der Waals surface area contributed by atoms with Crippen LogP contribution in [0.25, 0.3) is 0 Å². The predicted octanol–water partition coefficient (Wildman–Crippen LogP) is 8.72. The number of hydrogen-bond donors (Lipinski definition) is 8. The molecule has 5 aliphatic rings. The number of nitrogen functional groups attached to an aromatic ring is 5. The number of piperazine rings is 4. The summed E-state index contributed by atoms with van der Waals surface area (Å²) in [6.07, 6.45) is 14.2. The van der Waals surface area contributed by atoms with Crippen molar-refractivity contribution in [1.82, 2.24) is 69.4 Å². The average Bonchev–Trinajstić information content (AvgIpc) is 0.839. The lowest BCUT2D eigenvalue weighted by Crippen LogP contribution is -2.47. The molecule has 10 heterocycles. The van der Waals surface area contributed by atoms with Crippen LogP contribution in [0.15, 0.2) is 152 Å². The van der Waals surface area contributed by atoms with E-state index in [1.165, 1.54) is 16.7 Å². The first kappa shape index (κ1) is 85.3. The quantitative estimate of drug-likeness (QED) is 0.0375. The van der Waals surface area contributed by atoms with Crippen molar-refractivity contribution in [2.24, 2.45) is 0 Å². The van der Waals surface area contributed by atoms with E-state index in [9.17, 15) is 10.2 Å². The molecule has 0 bridgehead atoms. The molecule has 0 spiro atoms. The minimum atomic E-state index is -0.213. The van der Waals surface area contributed by atoms with Crippen molar-refractivity contribution in [2.45, 2.75) is 70.8 Å². The summed E-state index contributed by atoms with van der Waals surface area (Å²) in [6, 6.07) is 39.8. The number of phenolic OH excluding ortho intramolecular Hbond substituents is 1. The van der Waals surface area contributed by atoms with Crippen molar-refractivity contribution in [1.29, 1.82) is 0 Å². The molecule has 0 amide bonds. The molecule has 5 saturated heterocycles. The SMILES string of the molecule is CC(C)c1ccc(Cc2cnc(N)nc2N2CCN(C)CC2)cc1.CN1CCN(c2nc(N)ncc2Cc2ccc(O)cc2)CC1.COc1ccc(Cc2cnc(N)nc2N2CCN(C)CC2)cc1.Nc1ncc(Cc2ccc(Cl)cc2)c(N2CCC(O)CC2)n1.Nc1ncc(Cc2ccc(Cl)cc2)c(N2CCN(CCO)CC2)n1. The molecule has 28 nitrogen and oxygen atoms in total. The Morgan fingerprint density at radius 2 is 0.643 bits per heavy atom. The van der Waals surface area contributed by atoms with Gasteiger partial charge in [-0.2, -0.15) is 24.9 Å². The fourth-order valence-electron chi connectivity index (χ4n) is 14.2. The summed E-state index contributed by atoms with van der Waals surface area (Å²) in [4.78, 5) is 63.8. The first-order valence-corrected chi connectivity index (χ1v) is 40.2. The second-order valence-electron chi connectivity index (χ2n) is 30.1. The van der Waals surface area contributed by atoms with Crippen molar-refractivity contribution < 1.29 is 20.1 Å². The number of aliphatic hydroxyl groups is 2. The molecule has 30 heteroatoms. The zero-order chi connectivity index (χ0) is 81.3. The van der Waals surface area contributed by atoms with E-state index in [0.29, 0.717) is 29.7 Å². The summed E-state index contributed by atoms with van der Waals surface area (Å²) in [5.41, 5.74) is 41.7. The monoisotopic (exact) mass is 1600 g/mol. The minimum absolute atomic E-state index is 0.197. The second kappa shape index (κ2) is 42.2. The summed E-state index contributed by atoms with van der Waals surface area (Å²) in [5, 5.41) is 29.6. The van der Waals surface area contributed by atoms with Gasteiger partial charge in [0.2, 0.25) is 29.7 Å². The van der Waals surface area contributed by atoms with Gasteiger partial charge >= 0.3 is 0 Å². The van der Waals surface area contributed by atoms with Crippen molar-refractivity contribution in [3.05, 3.63) is 224 Å². The van der Waals surface area contributed by atoms with E-state index >= 15 is 0 Å². The Hall–Kier alpha value is -10.6. The molecule has 5 aromatic carbocycles. The molecule has 0 unspecified atom stereocenters. The zero-order valence-electron chi connectivity index (χ0n) is 67.1. The minimum Gasteiger partial charge on any atom is -0.508 e. The van der Waals surface area contributed by atoms with Gasteiger partial charge < -0.3 is 87.9 Å². The fourth-order valence-corrected chi connectivity index (χ4v) is 14.4. The Morgan fingerprint density at radius 3 is 0.922 bits per heavy atom. The number of rotatable bonds is 19. The van der Waals surface area contributed by atoms with E-state index < -0.39 is 0 Å². The van der Waals surface area contributed by atoms with Crippen molar-refractivity contribution in [2.75, 3.05) is 212 Å². The fraction of sp³-hybridized carbons (Fsp3) is 0.412. The van der Waals surface area contributed by atoms with Gasteiger partial charge in [-0.05, 0) is 122 Å². The molecule has 115 heavy (non-hydrogen) atoms. The van der Waals surface area contributed by atoms with Gasteiger partial charge in [0.25, 0.3) is 0 Å². The van der Waals surface area contributed by atoms with Crippen molar-refractivity contribution >= 4 is 82.0 Å². The molecule has 610 valence electrons. The molecule has 0 aliphatic carbocycles. The number of aromatic nitrogens is 10. The summed E-state index contributed by atoms with van der Waals surface area (Å²) in [6.45, 7) is 22.4. The molecule has 0 atom stereocenters. The number of methoxy groups -OCH3 is 1. The van der Waals surface area contributed by atoms with E-state index in [1.54, 1.807) is 25.4 Å². The maximum atomic E-state index is 9.66. The number of nitrogens with two attached hydrogens (primary N) is 5. The van der Waals surface area contributed by atoms with Crippen LogP contribution in [0, 0.1) is 0 Å². The normalized spacial score (nSPS) is 15.8. The topological polar surface area (TPSA) is 358 Å². The molecule has 5 aliphatic heterocycles. The van der Waals surface area contributed by atoms with Crippen LogP contribution in [0.5, 0.6) is 11.5 Å². The molecule has 0 saturated carbocycles. The van der Waals surface area contributed by atoms with E-state index in [1.807, 2.05) is 97.6 Å². The highest BCUT2D eigenvalue weighted by Crippen LogP contribution is 2.31. The number of anilines is 10. The average molecular weight is 1600 g/mol. The van der Waals surface area contributed by atoms with Crippen LogP contribution >= 0.6 is 23.2 Å². The largest absolute Gasteiger partial charge is 0.508 e. The lowest BCUT2D eigenvalue weighted by atomic mass is 9.99. The van der Waals surface area contributed by atoms with Crippen LogP contribution in [0.4, 0.5) is 58.8 Å². The number of β-amino-alcohol motifs (C(OH)–C–C–N with tert-alkyl or cyclic N) is 1. The number of likely N-dealkylation sites (N-methyl/N-ethyl adjacent to an activating group) is 3. The van der Waals surface area contributed by atoms with E-state index in [2.05, 4.69) is 165 Å². The number of aromatic hydroxyl groups is 1. The summed E-state index contributed by atoms with van der Waals surface area (Å²) in [5.74, 6) is 7.90. The van der Waals surface area contributed by atoms with Crippen LogP contribution in [-0.2, 0) is 32.1 Å². The molecule has 15 rings (SSSR count). The highest BCUT2D eigenvalue weighted by Gasteiger charge is 2.26. The van der Waals surface area contributed by atoms with Crippen LogP contribution in [0.3, 0.4) is 0 Å². The third kappa shape index (κ3) is 25.7. The van der Waals surface area contributed by atoms with Crippen molar-refractivity contribution in [3.63, 3.8) is 0 Å². The highest BCUT2D eigenvalue weighted by molar-refractivity contribution is 6.30. The van der Waals surface area contributed by atoms with E-state index in [-0.39, 0.29) is 24.4 Å². The maximum Gasteiger partial charge on any atom is 0.221 e. The lowest BCUT2D eigenvalue weighted by Gasteiger charge is -2.35. The Bertz CT molecular complexity index is 4520. The highest BCUT2D eigenvalue weighted by atomic mass is 35.5. The summed E-state index contributed by atoms with van der Waals surface area (Å²) in [7, 11) is 8.10. The zero-order valence-corrected chi connectivity index (χ0v) is 68.6. The number of benzene rings is 5. The standard InChI is InChI=1S/C19H27N5.C17H22ClN5O.C17H23N5O.C16H19ClN4O.C16H21N5O/c1-14(2)16-6-4-15(5-7-16)12-17-13-21-19(20)22-18(17)24-10-8-23(3)9-11-24;18-15-3-1-13(2-4-15)11-14-12-20-17(19)21-16(14)23-7-5-22(6-8-23)9-10-24;1-21-7-9-22(10-8-21)16-14(12-19-17(18)20-16)11-13-3-5-15(23-2)6-4-13;17-13-3-1-11(2-4-13)9-12-10-19-16(18)20-15(12)21-7-5-14(22)6-8-21;1-20-6-8-21(9-7-20)15-13(11-18-16(17)19-15)10-12-2-4-14(22)5-3-12/h4-7,13-14H,8-12H2,1-3H3,(H2,20,21,22);1-4,12,24H,5-11H2,(H2,19,20,21);3-6,12H,7-11H2,1-2H3,(H2,18,19,20);1-4,10,14,22H,5-9H2,(H2,18,19,20);2-5,11,22H,6-10H2,1H3,(H2,17,18,19). The van der Waals surface area contributed by atoms with Gasteiger partial charge in [-0.3, -0.25) is 4.90 Å². The van der Waals surface area contributed by atoms with Crippen LogP contribution < -0.4 is 57.9 Å². The molecule has 5 aromatic heterocycles. The van der Waals surface area contributed by atoms with E-state index in [0.717, 1.165) is 259 Å². The smallest absolute Gasteiger partial charge is 0.221 e. The number of piperidine rings is 1. The van der Waals surface area contributed by atoms with Gasteiger partial charge in [-0.25, -0.2) is 24.9 Å². The van der Waals surface area contributed by atoms with Gasteiger partial charge in [0.1, 0.15) is 40.6 Å². The van der Waals surface area contributed by atoms with Gasteiger partial charge in [0.15, 0.2) is 0 Å². The molecule has 0 radical (unpaired) electrons. The number of halogens is 2. The Kier molecular flexibility index (Phi) is 31.3. The molecule has 10 aromatic rings. The molecular formula is C85H112Cl2N24O4. The number of phenols is 1.